The summed E-state index contributed by atoms with van der Waals surface area (Å²) < 4.78 is 3.55. The number of aromatic nitrogens is 4. The lowest BCUT2D eigenvalue weighted by Crippen LogP contribution is -2.09. The molecule has 0 aromatic carbocycles. The highest BCUT2D eigenvalue weighted by Gasteiger charge is 2.13. The molecule has 17 heavy (non-hydrogen) atoms. The van der Waals surface area contributed by atoms with E-state index in [1.165, 1.54) is 0 Å². The van der Waals surface area contributed by atoms with Crippen molar-refractivity contribution in [3.63, 3.8) is 0 Å². The second kappa shape index (κ2) is 4.33. The third-order valence-corrected chi connectivity index (χ3v) is 3.23. The quantitative estimate of drug-likeness (QED) is 0.782. The first-order chi connectivity index (χ1) is 8.04. The van der Waals surface area contributed by atoms with Crippen LogP contribution in [0.15, 0.2) is 6.20 Å². The normalized spacial score (nSPS) is 10.8. The minimum absolute atomic E-state index is 0.504. The van der Waals surface area contributed by atoms with Crippen LogP contribution in [0.3, 0.4) is 0 Å². The molecule has 2 heterocycles. The number of imidazole rings is 1. The maximum atomic E-state index is 10.9. The largest absolute Gasteiger partial charge is 0.321 e. The van der Waals surface area contributed by atoms with E-state index >= 15 is 0 Å². The van der Waals surface area contributed by atoms with Crippen LogP contribution >= 0.6 is 11.6 Å². The van der Waals surface area contributed by atoms with Crippen molar-refractivity contribution in [2.45, 2.75) is 20.4 Å². The first kappa shape index (κ1) is 11.9. The topological polar surface area (TPSA) is 52.7 Å². The molecule has 0 aliphatic rings. The van der Waals surface area contributed by atoms with Crippen LogP contribution in [0.1, 0.15) is 27.6 Å². The summed E-state index contributed by atoms with van der Waals surface area (Å²) in [4.78, 5) is 15.1. The minimum Gasteiger partial charge on any atom is -0.321 e. The van der Waals surface area contributed by atoms with Gasteiger partial charge >= 0.3 is 0 Å². The number of carbonyl (C=O) groups is 1. The molecule has 2 aromatic rings. The first-order valence-corrected chi connectivity index (χ1v) is 5.57. The van der Waals surface area contributed by atoms with Crippen LogP contribution in [0.2, 0.25) is 5.15 Å². The molecule has 0 aliphatic heterocycles. The molecule has 0 bridgehead atoms. The van der Waals surface area contributed by atoms with Gasteiger partial charge in [-0.1, -0.05) is 11.6 Å². The van der Waals surface area contributed by atoms with Gasteiger partial charge in [-0.05, 0) is 13.8 Å². The lowest BCUT2D eigenvalue weighted by Gasteiger charge is -2.05. The molecule has 2 rings (SSSR count). The predicted molar refractivity (Wildman–Crippen MR) is 64.4 cm³/mol. The second-order valence-electron chi connectivity index (χ2n) is 3.92. The third kappa shape index (κ3) is 1.98. The van der Waals surface area contributed by atoms with E-state index in [1.54, 1.807) is 15.4 Å². The van der Waals surface area contributed by atoms with Gasteiger partial charge in [-0.2, -0.15) is 5.10 Å². The monoisotopic (exact) mass is 252 g/mol. The van der Waals surface area contributed by atoms with Gasteiger partial charge in [-0.25, -0.2) is 4.98 Å². The van der Waals surface area contributed by atoms with Crippen molar-refractivity contribution in [1.82, 2.24) is 19.3 Å². The molecule has 0 saturated carbocycles. The number of rotatable bonds is 3. The maximum absolute atomic E-state index is 10.9. The highest BCUT2D eigenvalue weighted by molar-refractivity contribution is 6.29. The van der Waals surface area contributed by atoms with Gasteiger partial charge < -0.3 is 4.57 Å². The van der Waals surface area contributed by atoms with Gasteiger partial charge in [0.25, 0.3) is 0 Å². The van der Waals surface area contributed by atoms with E-state index in [1.807, 2.05) is 20.9 Å². The summed E-state index contributed by atoms with van der Waals surface area (Å²) in [5.74, 6) is 0.804. The van der Waals surface area contributed by atoms with Crippen molar-refractivity contribution in [3.8, 4) is 0 Å². The van der Waals surface area contributed by atoms with Gasteiger partial charge in [0.05, 0.1) is 24.0 Å². The summed E-state index contributed by atoms with van der Waals surface area (Å²) in [5, 5.41) is 4.90. The molecule has 0 fully saturated rings. The van der Waals surface area contributed by atoms with E-state index in [2.05, 4.69) is 10.1 Å². The Balaban J connectivity index is 2.37. The molecule has 90 valence electrons. The maximum Gasteiger partial charge on any atom is 0.153 e. The summed E-state index contributed by atoms with van der Waals surface area (Å²) in [6.07, 6.45) is 2.43. The van der Waals surface area contributed by atoms with E-state index in [9.17, 15) is 4.79 Å². The first-order valence-electron chi connectivity index (χ1n) is 5.20. The fraction of sp³-hybridized carbons (Fsp3) is 0.364. The van der Waals surface area contributed by atoms with Gasteiger partial charge in [0.15, 0.2) is 6.29 Å². The van der Waals surface area contributed by atoms with Gasteiger partial charge in [0.1, 0.15) is 11.0 Å². The molecular weight excluding hydrogens is 240 g/mol. The molecule has 6 heteroatoms. The molecule has 0 N–H and O–H groups in total. The smallest absolute Gasteiger partial charge is 0.153 e. The zero-order chi connectivity index (χ0) is 12.6. The van der Waals surface area contributed by atoms with Crippen molar-refractivity contribution in [2.24, 2.45) is 7.05 Å². The number of hydrogen-bond donors (Lipinski definition) is 0. The fourth-order valence-corrected chi connectivity index (χ4v) is 1.89. The number of nitrogens with zero attached hydrogens (tertiary/aromatic N) is 4. The van der Waals surface area contributed by atoms with Gasteiger partial charge in [0, 0.05) is 12.7 Å². The Morgan fingerprint density at radius 1 is 1.47 bits per heavy atom. The van der Waals surface area contributed by atoms with E-state index in [0.29, 0.717) is 17.3 Å². The molecule has 0 aliphatic carbocycles. The highest BCUT2D eigenvalue weighted by atomic mass is 35.5. The van der Waals surface area contributed by atoms with Gasteiger partial charge in [0.2, 0.25) is 0 Å². The lowest BCUT2D eigenvalue weighted by molar-refractivity contribution is 0.112. The van der Waals surface area contributed by atoms with Crippen LogP contribution in [-0.2, 0) is 13.6 Å². The lowest BCUT2D eigenvalue weighted by atomic mass is 10.2. The van der Waals surface area contributed by atoms with E-state index in [4.69, 9.17) is 11.6 Å². The second-order valence-corrected chi connectivity index (χ2v) is 4.30. The van der Waals surface area contributed by atoms with Crippen molar-refractivity contribution in [3.05, 3.63) is 34.1 Å². The van der Waals surface area contributed by atoms with Crippen molar-refractivity contribution in [1.29, 1.82) is 0 Å². The average molecular weight is 253 g/mol. The Morgan fingerprint density at radius 2 is 2.18 bits per heavy atom. The number of aldehydes is 1. The van der Waals surface area contributed by atoms with Crippen LogP contribution in [0.4, 0.5) is 0 Å². The van der Waals surface area contributed by atoms with Crippen molar-refractivity contribution in [2.75, 3.05) is 0 Å². The molecule has 0 unspecified atom stereocenters. The van der Waals surface area contributed by atoms with Crippen molar-refractivity contribution < 1.29 is 4.79 Å². The number of carbonyl (C=O) groups excluding carboxylic acids is 1. The number of halogens is 1. The molecular formula is C11H13ClN4O. The fourth-order valence-electron chi connectivity index (χ4n) is 1.74. The van der Waals surface area contributed by atoms with Crippen LogP contribution in [0.5, 0.6) is 0 Å². The van der Waals surface area contributed by atoms with Crippen LogP contribution in [0, 0.1) is 13.8 Å². The Morgan fingerprint density at radius 3 is 2.65 bits per heavy atom. The summed E-state index contributed by atoms with van der Waals surface area (Å²) in [5.41, 5.74) is 2.22. The van der Waals surface area contributed by atoms with Crippen LogP contribution in [0.25, 0.3) is 0 Å². The zero-order valence-corrected chi connectivity index (χ0v) is 10.7. The van der Waals surface area contributed by atoms with E-state index < -0.39 is 0 Å². The number of hydrogen-bond acceptors (Lipinski definition) is 3. The third-order valence-electron chi connectivity index (χ3n) is 2.87. The average Bonchev–Trinajstić information content (AvgIpc) is 2.74. The van der Waals surface area contributed by atoms with Crippen molar-refractivity contribution >= 4 is 17.9 Å². The summed E-state index contributed by atoms with van der Waals surface area (Å²) in [7, 11) is 1.84. The Hall–Kier alpha value is -1.62. The molecule has 5 nitrogen and oxygen atoms in total. The van der Waals surface area contributed by atoms with Gasteiger partial charge in [-0.3, -0.25) is 9.48 Å². The number of aryl methyl sites for hydroxylation is 1. The molecule has 0 radical (unpaired) electrons. The molecule has 0 saturated heterocycles. The summed E-state index contributed by atoms with van der Waals surface area (Å²) in [6.45, 7) is 4.19. The zero-order valence-electron chi connectivity index (χ0n) is 9.94. The summed E-state index contributed by atoms with van der Waals surface area (Å²) >= 11 is 5.91. The predicted octanol–water partition coefficient (Wildman–Crippen LogP) is 1.75. The Labute approximate surface area is 104 Å². The SMILES string of the molecule is Cc1nn(Cc2ncc(Cl)n2C)c(C)c1C=O. The Bertz CT molecular complexity index is 570. The highest BCUT2D eigenvalue weighted by Crippen LogP contribution is 2.14. The molecule has 0 spiro atoms. The van der Waals surface area contributed by atoms with E-state index in [0.717, 1.165) is 23.5 Å². The molecule has 0 amide bonds. The van der Waals surface area contributed by atoms with E-state index in [-0.39, 0.29) is 0 Å². The van der Waals surface area contributed by atoms with Crippen LogP contribution in [-0.4, -0.2) is 25.6 Å². The minimum atomic E-state index is 0.504. The molecule has 0 atom stereocenters. The van der Waals surface area contributed by atoms with Gasteiger partial charge in [-0.15, -0.1) is 0 Å². The van der Waals surface area contributed by atoms with Crippen LogP contribution < -0.4 is 0 Å². The summed E-state index contributed by atoms with van der Waals surface area (Å²) in [6, 6.07) is 0. The molecule has 2 aromatic heterocycles. The Kier molecular flexibility index (Phi) is 3.02. The standard InChI is InChI=1S/C11H13ClN4O/c1-7-9(6-17)8(2)16(14-7)5-11-13-4-10(12)15(11)3/h4,6H,5H2,1-3H3.